The van der Waals surface area contributed by atoms with E-state index in [0.717, 1.165) is 12.3 Å². The number of H-pyrrole nitrogens is 1. The summed E-state index contributed by atoms with van der Waals surface area (Å²) >= 11 is 0. The summed E-state index contributed by atoms with van der Waals surface area (Å²) in [5, 5.41) is 39.7. The van der Waals surface area contributed by atoms with Crippen molar-refractivity contribution in [1.82, 2.24) is 9.55 Å². The van der Waals surface area contributed by atoms with Crippen molar-refractivity contribution in [2.45, 2.75) is 42.5 Å². The minimum absolute atomic E-state index is 0.0137. The van der Waals surface area contributed by atoms with Gasteiger partial charge in [0.2, 0.25) is 0 Å². The number of nitrogens with zero attached hydrogens (tertiary/aromatic N) is 2. The highest BCUT2D eigenvalue weighted by Gasteiger charge is 2.80. The Bertz CT molecular complexity index is 761. The fourth-order valence-electron chi connectivity index (χ4n) is 2.92. The maximum absolute atomic E-state index is 11.9. The van der Waals surface area contributed by atoms with Crippen molar-refractivity contribution in [2.75, 3.05) is 0 Å². The number of nitriles is 1. The molecule has 9 heteroatoms. The zero-order chi connectivity index (χ0) is 15.6. The second kappa shape index (κ2) is 3.80. The van der Waals surface area contributed by atoms with Crippen molar-refractivity contribution < 1.29 is 20.1 Å². The molecule has 2 aliphatic rings. The molecule has 1 unspecified atom stereocenters. The summed E-state index contributed by atoms with van der Waals surface area (Å²) in [6, 6.07) is 2.65. The van der Waals surface area contributed by atoms with Crippen LogP contribution in [0.25, 0.3) is 0 Å². The first-order valence-electron chi connectivity index (χ1n) is 6.23. The summed E-state index contributed by atoms with van der Waals surface area (Å²) in [4.78, 5) is 24.9. The molecule has 2 heterocycles. The van der Waals surface area contributed by atoms with E-state index in [4.69, 9.17) is 4.74 Å². The molecule has 0 bridgehead atoms. The molecule has 3 rings (SSSR count). The van der Waals surface area contributed by atoms with Crippen molar-refractivity contribution in [3.8, 4) is 6.07 Å². The molecule has 1 saturated heterocycles. The lowest BCUT2D eigenvalue weighted by molar-refractivity contribution is -0.129. The largest absolute Gasteiger partial charge is 0.387 e. The molecule has 1 aromatic rings. The summed E-state index contributed by atoms with van der Waals surface area (Å²) in [5.74, 6) is 0. The number of aromatic amines is 1. The monoisotopic (exact) mass is 295 g/mol. The quantitative estimate of drug-likeness (QED) is 0.442. The molecule has 21 heavy (non-hydrogen) atoms. The van der Waals surface area contributed by atoms with E-state index in [1.165, 1.54) is 6.92 Å². The van der Waals surface area contributed by atoms with Crippen LogP contribution in [0, 0.1) is 11.3 Å². The number of aliphatic hydroxyl groups excluding tert-OH is 2. The Kier molecular flexibility index (Phi) is 2.53. The van der Waals surface area contributed by atoms with Crippen LogP contribution in [-0.4, -0.2) is 48.3 Å². The summed E-state index contributed by atoms with van der Waals surface area (Å²) in [6.45, 7) is 1.39. The highest BCUT2D eigenvalue weighted by molar-refractivity contribution is 5.30. The van der Waals surface area contributed by atoms with Gasteiger partial charge in [-0.15, -0.1) is 0 Å². The molecule has 1 aliphatic carbocycles. The number of nitrogens with one attached hydrogen (secondary N) is 1. The van der Waals surface area contributed by atoms with Gasteiger partial charge in [0.25, 0.3) is 11.3 Å². The molecule has 0 amide bonds. The summed E-state index contributed by atoms with van der Waals surface area (Å²) in [6.07, 6.45) is -2.30. The number of hydrogen-bond donors (Lipinski definition) is 4. The minimum Gasteiger partial charge on any atom is -0.387 e. The Morgan fingerprint density at radius 3 is 2.52 bits per heavy atom. The van der Waals surface area contributed by atoms with E-state index < -0.39 is 40.4 Å². The van der Waals surface area contributed by atoms with Crippen molar-refractivity contribution in [3.63, 3.8) is 0 Å². The van der Waals surface area contributed by atoms with Gasteiger partial charge in [0.05, 0.1) is 5.60 Å². The average Bonchev–Trinajstić information content (AvgIpc) is 2.89. The zero-order valence-electron chi connectivity index (χ0n) is 11.0. The molecule has 1 spiro atoms. The highest BCUT2D eigenvalue weighted by Crippen LogP contribution is 2.61. The fourth-order valence-corrected chi connectivity index (χ4v) is 2.92. The molecule has 9 nitrogen and oxygen atoms in total. The SMILES string of the molecule is C[C@@]1(O)CC12O[C@@](C#N)(n1ccc(=O)[nH]c1=O)[C@@H](O)[C@@H]2O. The van der Waals surface area contributed by atoms with E-state index in [2.05, 4.69) is 0 Å². The van der Waals surface area contributed by atoms with Gasteiger partial charge in [0.15, 0.2) is 0 Å². The molecule has 5 atom stereocenters. The van der Waals surface area contributed by atoms with Crippen LogP contribution in [0.3, 0.4) is 0 Å². The smallest absolute Gasteiger partial charge is 0.331 e. The molecule has 0 radical (unpaired) electrons. The molecule has 1 saturated carbocycles. The fraction of sp³-hybridized carbons (Fsp3) is 0.583. The molecule has 4 N–H and O–H groups in total. The predicted octanol–water partition coefficient (Wildman–Crippen LogP) is -2.64. The Morgan fingerprint density at radius 1 is 1.48 bits per heavy atom. The Morgan fingerprint density at radius 2 is 2.10 bits per heavy atom. The zero-order valence-corrected chi connectivity index (χ0v) is 11.0. The van der Waals surface area contributed by atoms with Gasteiger partial charge in [-0.1, -0.05) is 0 Å². The van der Waals surface area contributed by atoms with Gasteiger partial charge in [-0.25, -0.2) is 4.79 Å². The van der Waals surface area contributed by atoms with Gasteiger partial charge in [0.1, 0.15) is 23.9 Å². The summed E-state index contributed by atoms with van der Waals surface area (Å²) in [5.41, 5.74) is -6.80. The number of aromatic nitrogens is 2. The molecular weight excluding hydrogens is 282 g/mol. The van der Waals surface area contributed by atoms with Gasteiger partial charge < -0.3 is 20.1 Å². The van der Waals surface area contributed by atoms with Crippen LogP contribution in [0.15, 0.2) is 21.9 Å². The van der Waals surface area contributed by atoms with Crippen LogP contribution < -0.4 is 11.2 Å². The lowest BCUT2D eigenvalue weighted by Gasteiger charge is -2.26. The molecule has 112 valence electrons. The van der Waals surface area contributed by atoms with E-state index >= 15 is 0 Å². The summed E-state index contributed by atoms with van der Waals surface area (Å²) < 4.78 is 6.17. The van der Waals surface area contributed by atoms with E-state index in [9.17, 15) is 30.2 Å². The van der Waals surface area contributed by atoms with Crippen molar-refractivity contribution in [1.29, 1.82) is 5.26 Å². The first kappa shape index (κ1) is 14.0. The lowest BCUT2D eigenvalue weighted by atomic mass is 10.0. The predicted molar refractivity (Wildman–Crippen MR) is 66.0 cm³/mol. The molecular formula is C12H13N3O6. The first-order chi connectivity index (χ1) is 9.70. The summed E-state index contributed by atoms with van der Waals surface area (Å²) in [7, 11) is 0. The third-order valence-electron chi connectivity index (χ3n) is 4.25. The van der Waals surface area contributed by atoms with Crippen LogP contribution >= 0.6 is 0 Å². The third-order valence-corrected chi connectivity index (χ3v) is 4.25. The maximum Gasteiger partial charge on any atom is 0.331 e. The van der Waals surface area contributed by atoms with Gasteiger partial charge in [-0.3, -0.25) is 14.3 Å². The van der Waals surface area contributed by atoms with Crippen LogP contribution in [0.1, 0.15) is 13.3 Å². The van der Waals surface area contributed by atoms with Gasteiger partial charge in [-0.05, 0) is 6.92 Å². The van der Waals surface area contributed by atoms with Crippen LogP contribution in [0.4, 0.5) is 0 Å². The topological polar surface area (TPSA) is 149 Å². The van der Waals surface area contributed by atoms with Crippen molar-refractivity contribution in [3.05, 3.63) is 33.1 Å². The molecule has 1 aliphatic heterocycles. The van der Waals surface area contributed by atoms with Gasteiger partial charge >= 0.3 is 5.69 Å². The number of rotatable bonds is 1. The number of aliphatic hydroxyl groups is 3. The number of ether oxygens (including phenoxy) is 1. The maximum atomic E-state index is 11.9. The second-order valence-electron chi connectivity index (χ2n) is 5.62. The van der Waals surface area contributed by atoms with Crippen LogP contribution in [0.5, 0.6) is 0 Å². The second-order valence-corrected chi connectivity index (χ2v) is 5.62. The first-order valence-corrected chi connectivity index (χ1v) is 6.23. The van der Waals surface area contributed by atoms with E-state index in [1.807, 2.05) is 4.98 Å². The molecule has 1 aromatic heterocycles. The van der Waals surface area contributed by atoms with Gasteiger partial charge in [-0.2, -0.15) is 5.26 Å². The van der Waals surface area contributed by atoms with E-state index in [0.29, 0.717) is 4.57 Å². The van der Waals surface area contributed by atoms with E-state index in [1.54, 1.807) is 6.07 Å². The minimum atomic E-state index is -2.22. The Balaban J connectivity index is 2.17. The number of hydrogen-bond acceptors (Lipinski definition) is 7. The lowest BCUT2D eigenvalue weighted by Crippen LogP contribution is -2.50. The standard InChI is InChI=1S/C12H13N3O6/c1-10(20)4-11(10)7(17)8(18)12(5-13,21-11)15-3-2-6(16)14-9(15)19/h2-3,7-8,17-18,20H,4H2,1H3,(H,14,16,19)/t7-,8-,10+,11?,12+/m0/s1. The van der Waals surface area contributed by atoms with E-state index in [-0.39, 0.29) is 6.42 Å². The highest BCUT2D eigenvalue weighted by atomic mass is 16.6. The van der Waals surface area contributed by atoms with Crippen molar-refractivity contribution in [2.24, 2.45) is 0 Å². The third kappa shape index (κ3) is 1.53. The normalized spacial score (nSPS) is 44.7. The molecule has 2 fully saturated rings. The van der Waals surface area contributed by atoms with Crippen LogP contribution in [-0.2, 0) is 10.5 Å². The van der Waals surface area contributed by atoms with Crippen LogP contribution in [0.2, 0.25) is 0 Å². The van der Waals surface area contributed by atoms with Gasteiger partial charge in [0, 0.05) is 18.7 Å². The Hall–Kier alpha value is -1.99. The average molecular weight is 295 g/mol. The Labute approximate surface area is 117 Å². The molecule has 0 aromatic carbocycles. The van der Waals surface area contributed by atoms with Crippen molar-refractivity contribution >= 4 is 0 Å².